The number of non-ortho nitro benzene ring substituents is 1. The molecule has 0 aliphatic rings. The predicted octanol–water partition coefficient (Wildman–Crippen LogP) is 1.79. The Morgan fingerprint density at radius 2 is 2.15 bits per heavy atom. The van der Waals surface area contributed by atoms with Gasteiger partial charge in [-0.2, -0.15) is 0 Å². The van der Waals surface area contributed by atoms with Crippen molar-refractivity contribution in [3.05, 3.63) is 33.9 Å². The number of carbonyl (C=O) groups excluding carboxylic acids is 1. The minimum absolute atomic E-state index is 0.110. The van der Waals surface area contributed by atoms with Gasteiger partial charge >= 0.3 is 0 Å². The highest BCUT2D eigenvalue weighted by molar-refractivity contribution is 6.00. The highest BCUT2D eigenvalue weighted by Gasteiger charge is 2.16. The summed E-state index contributed by atoms with van der Waals surface area (Å²) >= 11 is 0. The fourth-order valence-electron chi connectivity index (χ4n) is 1.65. The van der Waals surface area contributed by atoms with Crippen LogP contribution in [-0.2, 0) is 4.74 Å². The first-order valence-corrected chi connectivity index (χ1v) is 6.48. The number of benzene rings is 1. The van der Waals surface area contributed by atoms with Crippen molar-refractivity contribution in [1.29, 1.82) is 0 Å². The molecule has 0 fully saturated rings. The minimum atomic E-state index is -0.521. The van der Waals surface area contributed by atoms with E-state index in [1.807, 2.05) is 13.8 Å². The number of carbonyl (C=O) groups is 1. The van der Waals surface area contributed by atoms with E-state index in [9.17, 15) is 14.9 Å². The monoisotopic (exact) mass is 281 g/mol. The Morgan fingerprint density at radius 1 is 1.40 bits per heavy atom. The number of anilines is 1. The summed E-state index contributed by atoms with van der Waals surface area (Å²) in [6, 6.07) is 4.18. The molecule has 0 bridgehead atoms. The molecule has 0 heterocycles. The Hall–Kier alpha value is -2.15. The molecule has 7 heteroatoms. The Morgan fingerprint density at radius 3 is 2.75 bits per heavy atom. The lowest BCUT2D eigenvalue weighted by Gasteiger charge is -2.11. The predicted molar refractivity (Wildman–Crippen MR) is 76.1 cm³/mol. The third-order valence-electron chi connectivity index (χ3n) is 2.56. The van der Waals surface area contributed by atoms with Crippen molar-refractivity contribution in [3.63, 3.8) is 0 Å². The Balaban J connectivity index is 2.85. The van der Waals surface area contributed by atoms with Crippen LogP contribution in [0.15, 0.2) is 18.2 Å². The van der Waals surface area contributed by atoms with Crippen molar-refractivity contribution in [2.75, 3.05) is 31.6 Å². The molecule has 0 saturated carbocycles. The molecule has 1 rings (SSSR count). The van der Waals surface area contributed by atoms with E-state index in [0.29, 0.717) is 32.0 Å². The molecular formula is C13H19N3O4. The maximum Gasteiger partial charge on any atom is 0.270 e. The smallest absolute Gasteiger partial charge is 0.270 e. The number of nitro benzene ring substituents is 1. The zero-order valence-corrected chi connectivity index (χ0v) is 11.6. The lowest BCUT2D eigenvalue weighted by Crippen LogP contribution is -2.28. The Kier molecular flexibility index (Phi) is 6.45. The molecular weight excluding hydrogens is 262 g/mol. The SMILES string of the molecule is CCNc1ccc([N+](=O)[O-])cc1C(=O)NCCOCC. The van der Waals surface area contributed by atoms with Gasteiger partial charge in [0.15, 0.2) is 0 Å². The molecule has 0 aromatic heterocycles. The standard InChI is InChI=1S/C13H19N3O4/c1-3-14-12-6-5-10(16(18)19)9-11(12)13(17)15-7-8-20-4-2/h5-6,9,14H,3-4,7-8H2,1-2H3,(H,15,17). The summed E-state index contributed by atoms with van der Waals surface area (Å²) in [5.74, 6) is -0.357. The number of ether oxygens (including phenoxy) is 1. The van der Waals surface area contributed by atoms with E-state index in [2.05, 4.69) is 10.6 Å². The second kappa shape index (κ2) is 8.11. The van der Waals surface area contributed by atoms with E-state index in [1.165, 1.54) is 12.1 Å². The van der Waals surface area contributed by atoms with Crippen LogP contribution in [-0.4, -0.2) is 37.1 Å². The van der Waals surface area contributed by atoms with Gasteiger partial charge in [0, 0.05) is 37.5 Å². The number of nitro groups is 1. The molecule has 0 aliphatic heterocycles. The van der Waals surface area contributed by atoms with Crippen molar-refractivity contribution in [3.8, 4) is 0 Å². The first-order chi connectivity index (χ1) is 9.60. The van der Waals surface area contributed by atoms with Gasteiger partial charge in [-0.25, -0.2) is 0 Å². The summed E-state index contributed by atoms with van der Waals surface area (Å²) in [6.07, 6.45) is 0. The van der Waals surface area contributed by atoms with Crippen LogP contribution in [0.5, 0.6) is 0 Å². The third-order valence-corrected chi connectivity index (χ3v) is 2.56. The van der Waals surface area contributed by atoms with E-state index < -0.39 is 4.92 Å². The minimum Gasteiger partial charge on any atom is -0.385 e. The fraction of sp³-hybridized carbons (Fsp3) is 0.462. The quantitative estimate of drug-likeness (QED) is 0.430. The van der Waals surface area contributed by atoms with Crippen LogP contribution >= 0.6 is 0 Å². The summed E-state index contributed by atoms with van der Waals surface area (Å²) in [5.41, 5.74) is 0.728. The maximum atomic E-state index is 12.0. The molecule has 2 N–H and O–H groups in total. The number of nitrogens with one attached hydrogen (secondary N) is 2. The molecule has 7 nitrogen and oxygen atoms in total. The summed E-state index contributed by atoms with van der Waals surface area (Å²) in [4.78, 5) is 22.3. The molecule has 0 saturated heterocycles. The molecule has 20 heavy (non-hydrogen) atoms. The fourth-order valence-corrected chi connectivity index (χ4v) is 1.65. The Bertz CT molecular complexity index is 477. The summed E-state index contributed by atoms with van der Waals surface area (Å²) in [5, 5.41) is 16.5. The van der Waals surface area contributed by atoms with E-state index in [4.69, 9.17) is 4.74 Å². The van der Waals surface area contributed by atoms with Crippen molar-refractivity contribution < 1.29 is 14.5 Å². The van der Waals surface area contributed by atoms with Crippen LogP contribution in [0.1, 0.15) is 24.2 Å². The highest BCUT2D eigenvalue weighted by Crippen LogP contribution is 2.22. The van der Waals surface area contributed by atoms with Crippen LogP contribution in [0, 0.1) is 10.1 Å². The van der Waals surface area contributed by atoms with Crippen LogP contribution in [0.4, 0.5) is 11.4 Å². The van der Waals surface area contributed by atoms with Crippen molar-refractivity contribution in [2.24, 2.45) is 0 Å². The number of nitrogens with zero attached hydrogens (tertiary/aromatic N) is 1. The normalized spacial score (nSPS) is 10.1. The van der Waals surface area contributed by atoms with E-state index in [0.717, 1.165) is 0 Å². The summed E-state index contributed by atoms with van der Waals surface area (Å²) in [7, 11) is 0. The van der Waals surface area contributed by atoms with Crippen LogP contribution in [0.3, 0.4) is 0 Å². The van der Waals surface area contributed by atoms with Gasteiger partial charge in [0.1, 0.15) is 0 Å². The van der Waals surface area contributed by atoms with Gasteiger partial charge in [-0.05, 0) is 19.9 Å². The number of rotatable bonds is 8. The molecule has 0 spiro atoms. The largest absolute Gasteiger partial charge is 0.385 e. The van der Waals surface area contributed by atoms with Crippen molar-refractivity contribution >= 4 is 17.3 Å². The van der Waals surface area contributed by atoms with Crippen LogP contribution in [0.2, 0.25) is 0 Å². The molecule has 0 atom stereocenters. The van der Waals surface area contributed by atoms with Gasteiger partial charge in [-0.3, -0.25) is 14.9 Å². The maximum absolute atomic E-state index is 12.0. The lowest BCUT2D eigenvalue weighted by atomic mass is 10.1. The van der Waals surface area contributed by atoms with Crippen LogP contribution in [0.25, 0.3) is 0 Å². The number of hydrogen-bond acceptors (Lipinski definition) is 5. The molecule has 110 valence electrons. The zero-order valence-electron chi connectivity index (χ0n) is 11.6. The Labute approximate surface area is 117 Å². The zero-order chi connectivity index (χ0) is 15.0. The second-order valence-corrected chi connectivity index (χ2v) is 3.97. The van der Waals surface area contributed by atoms with Gasteiger partial charge in [0.2, 0.25) is 0 Å². The summed E-state index contributed by atoms with van der Waals surface area (Å²) in [6.45, 7) is 5.73. The molecule has 0 unspecified atom stereocenters. The topological polar surface area (TPSA) is 93.5 Å². The van der Waals surface area contributed by atoms with Crippen molar-refractivity contribution in [1.82, 2.24) is 5.32 Å². The van der Waals surface area contributed by atoms with Gasteiger partial charge in [-0.1, -0.05) is 0 Å². The van der Waals surface area contributed by atoms with Crippen molar-refractivity contribution in [2.45, 2.75) is 13.8 Å². The average molecular weight is 281 g/mol. The van der Waals surface area contributed by atoms with E-state index >= 15 is 0 Å². The van der Waals surface area contributed by atoms with Gasteiger partial charge in [0.05, 0.1) is 17.1 Å². The molecule has 0 aliphatic carbocycles. The van der Waals surface area contributed by atoms with E-state index in [-0.39, 0.29) is 17.2 Å². The lowest BCUT2D eigenvalue weighted by molar-refractivity contribution is -0.384. The average Bonchev–Trinajstić information content (AvgIpc) is 2.44. The number of hydrogen-bond donors (Lipinski definition) is 2. The molecule has 1 aromatic rings. The first kappa shape index (κ1) is 15.9. The molecule has 0 radical (unpaired) electrons. The molecule has 1 amide bonds. The van der Waals surface area contributed by atoms with E-state index in [1.54, 1.807) is 6.07 Å². The number of amides is 1. The second-order valence-electron chi connectivity index (χ2n) is 3.97. The van der Waals surface area contributed by atoms with Gasteiger partial charge < -0.3 is 15.4 Å². The van der Waals surface area contributed by atoms with Crippen LogP contribution < -0.4 is 10.6 Å². The third kappa shape index (κ3) is 4.51. The van der Waals surface area contributed by atoms with Gasteiger partial charge in [0.25, 0.3) is 11.6 Å². The highest BCUT2D eigenvalue weighted by atomic mass is 16.6. The molecule has 1 aromatic carbocycles. The first-order valence-electron chi connectivity index (χ1n) is 6.48. The van der Waals surface area contributed by atoms with Gasteiger partial charge in [-0.15, -0.1) is 0 Å². The summed E-state index contributed by atoms with van der Waals surface area (Å²) < 4.78 is 5.12.